The van der Waals surface area contributed by atoms with E-state index in [-0.39, 0.29) is 5.95 Å². The fourth-order valence-corrected chi connectivity index (χ4v) is 2.13. The van der Waals surface area contributed by atoms with Gasteiger partial charge in [-0.05, 0) is 31.2 Å². The van der Waals surface area contributed by atoms with Gasteiger partial charge in [0.2, 0.25) is 5.95 Å². The fourth-order valence-electron chi connectivity index (χ4n) is 2.01. The first-order valence-electron chi connectivity index (χ1n) is 6.99. The lowest BCUT2D eigenvalue weighted by atomic mass is 10.1. The molecule has 6 heteroatoms. The second-order valence-corrected chi connectivity index (χ2v) is 5.44. The molecule has 0 saturated carbocycles. The molecule has 0 bridgehead atoms. The summed E-state index contributed by atoms with van der Waals surface area (Å²) in [5.41, 5.74) is 9.63. The van der Waals surface area contributed by atoms with Gasteiger partial charge in [-0.25, -0.2) is 9.97 Å². The zero-order valence-corrected chi connectivity index (χ0v) is 13.2. The van der Waals surface area contributed by atoms with Crippen LogP contribution in [0.5, 0.6) is 0 Å². The normalized spacial score (nSPS) is 11.0. The summed E-state index contributed by atoms with van der Waals surface area (Å²) in [6.45, 7) is 2.02. The van der Waals surface area contributed by atoms with E-state index in [1.807, 2.05) is 43.3 Å². The standard InChI is InChI=1S/C17H14ClN5/c1-11-2-8-14(9-3-11)22-23-15-10-20-17(19)21-16(15)12-4-6-13(18)7-5-12/h2-10H,1H3,(H2,19,20,21). The third-order valence-electron chi connectivity index (χ3n) is 3.21. The molecule has 0 saturated heterocycles. The molecule has 2 N–H and O–H groups in total. The number of aromatic nitrogens is 2. The monoisotopic (exact) mass is 323 g/mol. The van der Waals surface area contributed by atoms with Gasteiger partial charge in [0, 0.05) is 10.6 Å². The van der Waals surface area contributed by atoms with E-state index in [4.69, 9.17) is 17.3 Å². The van der Waals surface area contributed by atoms with Crippen LogP contribution in [0.15, 0.2) is 65.0 Å². The van der Waals surface area contributed by atoms with E-state index in [0.29, 0.717) is 16.4 Å². The lowest BCUT2D eigenvalue weighted by Gasteiger charge is -2.05. The molecule has 3 rings (SSSR count). The number of aryl methyl sites for hydroxylation is 1. The summed E-state index contributed by atoms with van der Waals surface area (Å²) in [5.74, 6) is 0.184. The lowest BCUT2D eigenvalue weighted by molar-refractivity contribution is 1.14. The van der Waals surface area contributed by atoms with E-state index in [2.05, 4.69) is 20.2 Å². The molecule has 0 atom stereocenters. The molecule has 1 heterocycles. The Hall–Kier alpha value is -2.79. The first-order chi connectivity index (χ1) is 11.1. The molecule has 5 nitrogen and oxygen atoms in total. The van der Waals surface area contributed by atoms with Gasteiger partial charge in [0.05, 0.1) is 11.9 Å². The molecular formula is C17H14ClN5. The van der Waals surface area contributed by atoms with Crippen LogP contribution >= 0.6 is 11.6 Å². The molecular weight excluding hydrogens is 310 g/mol. The van der Waals surface area contributed by atoms with Gasteiger partial charge in [-0.3, -0.25) is 0 Å². The lowest BCUT2D eigenvalue weighted by Crippen LogP contribution is -1.96. The summed E-state index contributed by atoms with van der Waals surface area (Å²) in [5, 5.41) is 9.14. The minimum absolute atomic E-state index is 0.184. The molecule has 0 fully saturated rings. The van der Waals surface area contributed by atoms with E-state index >= 15 is 0 Å². The average Bonchev–Trinajstić information content (AvgIpc) is 2.56. The van der Waals surface area contributed by atoms with E-state index in [1.165, 1.54) is 5.56 Å². The quantitative estimate of drug-likeness (QED) is 0.681. The predicted octanol–water partition coefficient (Wildman–Crippen LogP) is 5.10. The number of azo groups is 1. The van der Waals surface area contributed by atoms with E-state index in [9.17, 15) is 0 Å². The molecule has 0 amide bonds. The SMILES string of the molecule is Cc1ccc(N=Nc2cnc(N)nc2-c2ccc(Cl)cc2)cc1. The van der Waals surface area contributed by atoms with Gasteiger partial charge in [-0.15, -0.1) is 5.11 Å². The Morgan fingerprint density at radius 2 is 1.65 bits per heavy atom. The summed E-state index contributed by atoms with van der Waals surface area (Å²) in [7, 11) is 0. The number of nitrogens with two attached hydrogens (primary N) is 1. The number of nitrogens with zero attached hydrogens (tertiary/aromatic N) is 4. The zero-order valence-electron chi connectivity index (χ0n) is 12.4. The molecule has 1 aromatic heterocycles. The van der Waals surface area contributed by atoms with Crippen molar-refractivity contribution in [1.29, 1.82) is 0 Å². The Kier molecular flexibility index (Phi) is 4.30. The third-order valence-corrected chi connectivity index (χ3v) is 3.46. The fraction of sp³-hybridized carbons (Fsp3) is 0.0588. The Morgan fingerprint density at radius 3 is 2.35 bits per heavy atom. The van der Waals surface area contributed by atoms with Crippen molar-refractivity contribution in [3.05, 3.63) is 65.3 Å². The summed E-state index contributed by atoms with van der Waals surface area (Å²) < 4.78 is 0. The number of hydrogen-bond donors (Lipinski definition) is 1. The van der Waals surface area contributed by atoms with E-state index in [0.717, 1.165) is 11.3 Å². The molecule has 0 spiro atoms. The maximum absolute atomic E-state index is 5.92. The number of rotatable bonds is 3. The Balaban J connectivity index is 1.99. The van der Waals surface area contributed by atoms with Crippen LogP contribution in [-0.2, 0) is 0 Å². The third kappa shape index (κ3) is 3.70. The highest BCUT2D eigenvalue weighted by Gasteiger charge is 2.08. The maximum atomic E-state index is 5.92. The second kappa shape index (κ2) is 6.54. The van der Waals surface area contributed by atoms with Crippen molar-refractivity contribution >= 4 is 28.9 Å². The molecule has 0 radical (unpaired) electrons. The molecule has 2 aromatic carbocycles. The van der Waals surface area contributed by atoms with Crippen molar-refractivity contribution in [1.82, 2.24) is 9.97 Å². The second-order valence-electron chi connectivity index (χ2n) is 5.00. The highest BCUT2D eigenvalue weighted by Crippen LogP contribution is 2.30. The molecule has 3 aromatic rings. The van der Waals surface area contributed by atoms with Crippen molar-refractivity contribution in [2.45, 2.75) is 6.92 Å². The maximum Gasteiger partial charge on any atom is 0.220 e. The van der Waals surface area contributed by atoms with Crippen LogP contribution in [0, 0.1) is 6.92 Å². The minimum Gasteiger partial charge on any atom is -0.368 e. The molecule has 0 aliphatic rings. The summed E-state index contributed by atoms with van der Waals surface area (Å²) in [6, 6.07) is 15.1. The first-order valence-corrected chi connectivity index (χ1v) is 7.36. The molecule has 23 heavy (non-hydrogen) atoms. The van der Waals surface area contributed by atoms with Gasteiger partial charge in [0.25, 0.3) is 0 Å². The van der Waals surface area contributed by atoms with Gasteiger partial charge >= 0.3 is 0 Å². The van der Waals surface area contributed by atoms with Crippen LogP contribution in [0.1, 0.15) is 5.56 Å². The van der Waals surface area contributed by atoms with Crippen molar-refractivity contribution < 1.29 is 0 Å². The number of halogens is 1. The van der Waals surface area contributed by atoms with Gasteiger partial charge in [-0.2, -0.15) is 5.11 Å². The number of benzene rings is 2. The summed E-state index contributed by atoms with van der Waals surface area (Å²) in [4.78, 5) is 8.27. The van der Waals surface area contributed by atoms with Crippen molar-refractivity contribution in [2.24, 2.45) is 10.2 Å². The Bertz CT molecular complexity index is 842. The highest BCUT2D eigenvalue weighted by molar-refractivity contribution is 6.30. The van der Waals surface area contributed by atoms with Crippen LogP contribution in [0.25, 0.3) is 11.3 Å². The van der Waals surface area contributed by atoms with Crippen molar-refractivity contribution in [3.8, 4) is 11.3 Å². The Morgan fingerprint density at radius 1 is 0.957 bits per heavy atom. The van der Waals surface area contributed by atoms with Crippen molar-refractivity contribution in [2.75, 3.05) is 5.73 Å². The summed E-state index contributed by atoms with van der Waals surface area (Å²) in [6.07, 6.45) is 1.56. The van der Waals surface area contributed by atoms with Gasteiger partial charge in [0.15, 0.2) is 0 Å². The van der Waals surface area contributed by atoms with Gasteiger partial charge in [0.1, 0.15) is 11.4 Å². The summed E-state index contributed by atoms with van der Waals surface area (Å²) >= 11 is 5.92. The zero-order chi connectivity index (χ0) is 16.2. The smallest absolute Gasteiger partial charge is 0.220 e. The van der Waals surface area contributed by atoms with Crippen LogP contribution in [0.4, 0.5) is 17.3 Å². The molecule has 0 aliphatic heterocycles. The van der Waals surface area contributed by atoms with Crippen molar-refractivity contribution in [3.63, 3.8) is 0 Å². The largest absolute Gasteiger partial charge is 0.368 e. The molecule has 0 unspecified atom stereocenters. The van der Waals surface area contributed by atoms with E-state index in [1.54, 1.807) is 18.3 Å². The molecule has 114 valence electrons. The highest BCUT2D eigenvalue weighted by atomic mass is 35.5. The number of hydrogen-bond acceptors (Lipinski definition) is 5. The number of nitrogen functional groups attached to an aromatic ring is 1. The first kappa shape index (κ1) is 15.1. The van der Waals surface area contributed by atoms with Gasteiger partial charge < -0.3 is 5.73 Å². The average molecular weight is 324 g/mol. The van der Waals surface area contributed by atoms with Crippen LogP contribution in [0.2, 0.25) is 5.02 Å². The topological polar surface area (TPSA) is 76.5 Å². The van der Waals surface area contributed by atoms with Gasteiger partial charge in [-0.1, -0.05) is 41.4 Å². The van der Waals surface area contributed by atoms with Crippen LogP contribution < -0.4 is 5.73 Å². The van der Waals surface area contributed by atoms with Crippen LogP contribution in [-0.4, -0.2) is 9.97 Å². The predicted molar refractivity (Wildman–Crippen MR) is 92.2 cm³/mol. The van der Waals surface area contributed by atoms with Crippen LogP contribution in [0.3, 0.4) is 0 Å². The number of anilines is 1. The minimum atomic E-state index is 0.184. The Labute approximate surface area is 138 Å². The van der Waals surface area contributed by atoms with E-state index < -0.39 is 0 Å². The molecule has 0 aliphatic carbocycles.